The summed E-state index contributed by atoms with van der Waals surface area (Å²) in [6.07, 6.45) is 0. The number of rotatable bonds is 3. The molecular formula is C6H11NO2S2. The van der Waals surface area contributed by atoms with E-state index in [1.54, 1.807) is 6.92 Å². The van der Waals surface area contributed by atoms with Crippen molar-refractivity contribution >= 4 is 35.1 Å². The van der Waals surface area contributed by atoms with Crippen LogP contribution in [-0.4, -0.2) is 32.9 Å². The zero-order valence-corrected chi connectivity index (χ0v) is 8.15. The molecule has 3 nitrogen and oxygen atoms in total. The fourth-order valence-corrected chi connectivity index (χ4v) is 1.31. The number of hydrogen-bond donors (Lipinski definition) is 2. The highest BCUT2D eigenvalue weighted by Gasteiger charge is 2.19. The normalized spacial score (nSPS) is 12.3. The molecule has 0 fully saturated rings. The molecule has 0 amide bonds. The molecule has 64 valence electrons. The van der Waals surface area contributed by atoms with Crippen LogP contribution < -0.4 is 0 Å². The van der Waals surface area contributed by atoms with Crippen LogP contribution in [0.1, 0.15) is 13.8 Å². The highest BCUT2D eigenvalue weighted by Crippen LogP contribution is 2.03. The van der Waals surface area contributed by atoms with E-state index in [0.29, 0.717) is 10.9 Å². The van der Waals surface area contributed by atoms with E-state index in [-0.39, 0.29) is 0 Å². The fourth-order valence-electron chi connectivity index (χ4n) is 0.708. The first kappa shape index (κ1) is 10.7. The van der Waals surface area contributed by atoms with Crippen molar-refractivity contribution in [3.05, 3.63) is 0 Å². The van der Waals surface area contributed by atoms with Crippen LogP contribution >= 0.6 is 24.8 Å². The predicted molar refractivity (Wildman–Crippen MR) is 51.1 cm³/mol. The third-order valence-corrected chi connectivity index (χ3v) is 1.90. The summed E-state index contributed by atoms with van der Waals surface area (Å²) in [6, 6.07) is -0.593. The average Bonchev–Trinajstić information content (AvgIpc) is 1.88. The average molecular weight is 193 g/mol. The number of thiocarbonyl (C=S) groups is 1. The van der Waals surface area contributed by atoms with Crippen LogP contribution in [0.5, 0.6) is 0 Å². The molecule has 0 spiro atoms. The Morgan fingerprint density at radius 2 is 2.27 bits per heavy atom. The van der Waals surface area contributed by atoms with E-state index in [4.69, 9.17) is 17.3 Å². The summed E-state index contributed by atoms with van der Waals surface area (Å²) in [4.78, 5) is 12.0. The Labute approximate surface area is 76.8 Å². The van der Waals surface area contributed by atoms with Gasteiger partial charge in [-0.3, -0.25) is 0 Å². The van der Waals surface area contributed by atoms with Crippen LogP contribution in [0, 0.1) is 0 Å². The highest BCUT2D eigenvalue weighted by molar-refractivity contribution is 8.10. The minimum absolute atomic E-state index is 0.322. The molecular weight excluding hydrogens is 182 g/mol. The summed E-state index contributed by atoms with van der Waals surface area (Å²) < 4.78 is 0.322. The fraction of sp³-hybridized carbons (Fsp3) is 0.667. The van der Waals surface area contributed by atoms with E-state index < -0.39 is 12.0 Å². The summed E-state index contributed by atoms with van der Waals surface area (Å²) in [5.41, 5.74) is 0. The monoisotopic (exact) mass is 193 g/mol. The lowest BCUT2D eigenvalue weighted by Gasteiger charge is -2.24. The summed E-state index contributed by atoms with van der Waals surface area (Å²) in [6.45, 7) is 3.98. The molecule has 0 bridgehead atoms. The largest absolute Gasteiger partial charge is 0.480 e. The van der Waals surface area contributed by atoms with Crippen LogP contribution in [0.25, 0.3) is 0 Å². The Morgan fingerprint density at radius 3 is 2.36 bits per heavy atom. The van der Waals surface area contributed by atoms with Gasteiger partial charge in [0.25, 0.3) is 0 Å². The van der Waals surface area contributed by atoms with Crippen LogP contribution in [0.4, 0.5) is 0 Å². The quantitative estimate of drug-likeness (QED) is 0.518. The summed E-state index contributed by atoms with van der Waals surface area (Å²) >= 11 is 8.64. The second kappa shape index (κ2) is 4.56. The lowest BCUT2D eigenvalue weighted by molar-refractivity contribution is -0.141. The maximum Gasteiger partial charge on any atom is 0.326 e. The second-order valence-electron chi connectivity index (χ2n) is 2.08. The molecule has 0 aromatic heterocycles. The van der Waals surface area contributed by atoms with Gasteiger partial charge in [-0.15, -0.1) is 12.6 Å². The van der Waals surface area contributed by atoms with Crippen molar-refractivity contribution in [1.82, 2.24) is 4.90 Å². The molecule has 0 aromatic carbocycles. The molecule has 0 saturated carbocycles. The minimum Gasteiger partial charge on any atom is -0.480 e. The zero-order valence-electron chi connectivity index (χ0n) is 6.44. The Bertz CT molecular complexity index is 172. The predicted octanol–water partition coefficient (Wildman–Crippen LogP) is 0.996. The number of hydrogen-bond acceptors (Lipinski definition) is 2. The van der Waals surface area contributed by atoms with Gasteiger partial charge < -0.3 is 10.0 Å². The summed E-state index contributed by atoms with van der Waals surface area (Å²) in [5.74, 6) is -0.886. The van der Waals surface area contributed by atoms with Crippen molar-refractivity contribution in [3.63, 3.8) is 0 Å². The van der Waals surface area contributed by atoms with Gasteiger partial charge in [0.1, 0.15) is 10.4 Å². The smallest absolute Gasteiger partial charge is 0.326 e. The van der Waals surface area contributed by atoms with Gasteiger partial charge in [-0.25, -0.2) is 4.79 Å². The molecule has 0 heterocycles. The van der Waals surface area contributed by atoms with Crippen molar-refractivity contribution in [1.29, 1.82) is 0 Å². The number of carboxylic acids is 1. The van der Waals surface area contributed by atoms with Gasteiger partial charge in [-0.05, 0) is 13.8 Å². The molecule has 1 atom stereocenters. The van der Waals surface area contributed by atoms with Crippen molar-refractivity contribution in [2.24, 2.45) is 0 Å². The molecule has 0 radical (unpaired) electrons. The molecule has 0 aromatic rings. The molecule has 0 aliphatic rings. The Morgan fingerprint density at radius 1 is 1.82 bits per heavy atom. The molecule has 0 aliphatic heterocycles. The second-order valence-corrected chi connectivity index (χ2v) is 3.20. The SMILES string of the molecule is CCN(C(=S)S)C(C)C(=O)O. The summed E-state index contributed by atoms with van der Waals surface area (Å²) in [7, 11) is 0. The van der Waals surface area contributed by atoms with Gasteiger partial charge in [0.2, 0.25) is 0 Å². The number of likely N-dealkylation sites (N-methyl/N-ethyl adjacent to an activating group) is 1. The molecule has 0 saturated heterocycles. The van der Waals surface area contributed by atoms with Crippen LogP contribution in [-0.2, 0) is 4.79 Å². The van der Waals surface area contributed by atoms with Gasteiger partial charge >= 0.3 is 5.97 Å². The Hall–Kier alpha value is -0.290. The molecule has 1 N–H and O–H groups in total. The number of carboxylic acid groups (broad SMARTS) is 1. The topological polar surface area (TPSA) is 40.5 Å². The molecule has 11 heavy (non-hydrogen) atoms. The molecule has 1 unspecified atom stereocenters. The van der Waals surface area contributed by atoms with Gasteiger partial charge in [0.05, 0.1) is 0 Å². The van der Waals surface area contributed by atoms with E-state index in [1.165, 1.54) is 4.90 Å². The molecule has 5 heteroatoms. The van der Waals surface area contributed by atoms with Gasteiger partial charge in [0.15, 0.2) is 0 Å². The van der Waals surface area contributed by atoms with Gasteiger partial charge in [-0.2, -0.15) is 0 Å². The third kappa shape index (κ3) is 3.07. The first-order chi connectivity index (χ1) is 5.00. The Kier molecular flexibility index (Phi) is 4.44. The number of nitrogens with zero attached hydrogens (tertiary/aromatic N) is 1. The zero-order chi connectivity index (χ0) is 9.02. The van der Waals surface area contributed by atoms with Crippen molar-refractivity contribution in [2.75, 3.05) is 6.54 Å². The first-order valence-corrected chi connectivity index (χ1v) is 4.08. The van der Waals surface area contributed by atoms with E-state index in [1.807, 2.05) is 6.92 Å². The summed E-state index contributed by atoms with van der Waals surface area (Å²) in [5, 5.41) is 8.60. The third-order valence-electron chi connectivity index (χ3n) is 1.41. The number of thiol groups is 1. The number of aliphatic carboxylic acids is 1. The van der Waals surface area contributed by atoms with E-state index in [2.05, 4.69) is 12.6 Å². The van der Waals surface area contributed by atoms with Crippen LogP contribution in [0.15, 0.2) is 0 Å². The minimum atomic E-state index is -0.886. The number of carbonyl (C=O) groups is 1. The van der Waals surface area contributed by atoms with Crippen molar-refractivity contribution in [3.8, 4) is 0 Å². The van der Waals surface area contributed by atoms with Gasteiger partial charge in [0, 0.05) is 6.54 Å². The van der Waals surface area contributed by atoms with E-state index in [0.717, 1.165) is 0 Å². The van der Waals surface area contributed by atoms with Crippen LogP contribution in [0.3, 0.4) is 0 Å². The lowest BCUT2D eigenvalue weighted by Crippen LogP contribution is -2.40. The lowest BCUT2D eigenvalue weighted by atomic mass is 10.3. The highest BCUT2D eigenvalue weighted by atomic mass is 32.1. The first-order valence-electron chi connectivity index (χ1n) is 3.23. The Balaban J connectivity index is 4.25. The molecule has 0 aliphatic carbocycles. The van der Waals surface area contributed by atoms with Crippen LogP contribution in [0.2, 0.25) is 0 Å². The van der Waals surface area contributed by atoms with E-state index in [9.17, 15) is 4.79 Å². The maximum absolute atomic E-state index is 10.5. The standard InChI is InChI=1S/C6H11NO2S2/c1-3-7(6(10)11)4(2)5(8)9/h4H,3H2,1-2H3,(H,8,9)(H,10,11). The van der Waals surface area contributed by atoms with Crippen molar-refractivity contribution < 1.29 is 9.90 Å². The van der Waals surface area contributed by atoms with E-state index >= 15 is 0 Å². The van der Waals surface area contributed by atoms with Gasteiger partial charge in [-0.1, -0.05) is 12.2 Å². The molecule has 0 rings (SSSR count). The maximum atomic E-state index is 10.5. The van der Waals surface area contributed by atoms with Crippen molar-refractivity contribution in [2.45, 2.75) is 19.9 Å².